The predicted molar refractivity (Wildman–Crippen MR) is 109 cm³/mol. The molecule has 1 amide bonds. The second-order valence-electron chi connectivity index (χ2n) is 7.92. The fourth-order valence-corrected chi connectivity index (χ4v) is 4.67. The van der Waals surface area contributed by atoms with E-state index in [-0.39, 0.29) is 32.0 Å². The summed E-state index contributed by atoms with van der Waals surface area (Å²) in [6.45, 7) is 0.818. The van der Waals surface area contributed by atoms with Gasteiger partial charge in [-0.15, -0.1) is 0 Å². The molecule has 0 saturated carbocycles. The minimum atomic E-state index is -0.907. The van der Waals surface area contributed by atoms with Crippen LogP contribution in [0.2, 0.25) is 0 Å². The van der Waals surface area contributed by atoms with Gasteiger partial charge in [-0.25, -0.2) is 9.78 Å². The van der Waals surface area contributed by atoms with Crippen LogP contribution in [0.1, 0.15) is 23.5 Å². The Kier molecular flexibility index (Phi) is 4.31. The average molecular weight is 403 g/mol. The van der Waals surface area contributed by atoms with Gasteiger partial charge in [0, 0.05) is 31.4 Å². The fraction of sp³-hybridized carbons (Fsp3) is 0.261. The zero-order chi connectivity index (χ0) is 20.7. The number of fused-ring (bicyclic) bond motifs is 3. The second-order valence-corrected chi connectivity index (χ2v) is 7.92. The second kappa shape index (κ2) is 7.02. The molecule has 0 spiro atoms. The quantitative estimate of drug-likeness (QED) is 0.706. The number of carboxylic acid groups (broad SMARTS) is 1. The number of hydrogen-bond acceptors (Lipinski definition) is 4. The van der Waals surface area contributed by atoms with Crippen molar-refractivity contribution in [1.29, 1.82) is 0 Å². The first kappa shape index (κ1) is 18.4. The Morgan fingerprint density at radius 3 is 2.27 bits per heavy atom. The van der Waals surface area contributed by atoms with Crippen LogP contribution in [0.5, 0.6) is 0 Å². The van der Waals surface area contributed by atoms with Crippen LogP contribution in [0.3, 0.4) is 0 Å². The molecule has 2 aliphatic rings. The summed E-state index contributed by atoms with van der Waals surface area (Å²) in [5.41, 5.74) is 4.01. The zero-order valence-electron chi connectivity index (χ0n) is 16.3. The van der Waals surface area contributed by atoms with Gasteiger partial charge in [0.15, 0.2) is 0 Å². The lowest BCUT2D eigenvalue weighted by Gasteiger charge is -2.49. The molecule has 7 heteroatoms. The van der Waals surface area contributed by atoms with Crippen molar-refractivity contribution in [2.75, 3.05) is 19.7 Å². The molecule has 3 aromatic rings. The Morgan fingerprint density at radius 1 is 1.07 bits per heavy atom. The van der Waals surface area contributed by atoms with Crippen LogP contribution < -0.4 is 0 Å². The number of amides is 1. The SMILES string of the molecule is O=C(O)CC1(n2ccnc2)CN(C(=O)OCC2c3ccccc3-c3ccccc32)C1. The highest BCUT2D eigenvalue weighted by molar-refractivity contribution is 5.79. The van der Waals surface area contributed by atoms with Crippen molar-refractivity contribution >= 4 is 12.1 Å². The summed E-state index contributed by atoms with van der Waals surface area (Å²) >= 11 is 0. The number of carboxylic acids is 1. The third kappa shape index (κ3) is 2.94. The molecule has 7 nitrogen and oxygen atoms in total. The van der Waals surface area contributed by atoms with Gasteiger partial charge in [-0.05, 0) is 22.3 Å². The van der Waals surface area contributed by atoms with Crippen LogP contribution in [0, 0.1) is 0 Å². The van der Waals surface area contributed by atoms with Crippen LogP contribution in [0.4, 0.5) is 4.79 Å². The molecule has 1 aliphatic heterocycles. The topological polar surface area (TPSA) is 84.7 Å². The molecule has 1 aromatic heterocycles. The standard InChI is InChI=1S/C23H21N3O4/c27-21(28)11-23(26-10-9-24-15-26)13-25(14-23)22(29)30-12-20-18-7-3-1-5-16(18)17-6-2-4-8-19(17)20/h1-10,15,20H,11-14H2,(H,27,28). The summed E-state index contributed by atoms with van der Waals surface area (Å²) in [6, 6.07) is 16.4. The van der Waals surface area contributed by atoms with Gasteiger partial charge in [-0.1, -0.05) is 48.5 Å². The lowest BCUT2D eigenvalue weighted by atomic mass is 9.86. The van der Waals surface area contributed by atoms with Gasteiger partial charge in [0.1, 0.15) is 6.61 Å². The number of benzene rings is 2. The van der Waals surface area contributed by atoms with Crippen LogP contribution in [-0.4, -0.2) is 51.3 Å². The summed E-state index contributed by atoms with van der Waals surface area (Å²) in [7, 11) is 0. The summed E-state index contributed by atoms with van der Waals surface area (Å²) in [4.78, 5) is 29.6. The van der Waals surface area contributed by atoms with E-state index in [2.05, 4.69) is 29.2 Å². The van der Waals surface area contributed by atoms with Crippen molar-refractivity contribution in [3.05, 3.63) is 78.4 Å². The molecule has 30 heavy (non-hydrogen) atoms. The van der Waals surface area contributed by atoms with Crippen LogP contribution >= 0.6 is 0 Å². The van der Waals surface area contributed by atoms with Gasteiger partial charge in [-0.3, -0.25) is 4.79 Å². The lowest BCUT2D eigenvalue weighted by Crippen LogP contribution is -2.64. The Morgan fingerprint density at radius 2 is 1.70 bits per heavy atom. The normalized spacial score (nSPS) is 16.5. The number of likely N-dealkylation sites (tertiary alicyclic amines) is 1. The number of aliphatic carboxylic acids is 1. The first-order valence-electron chi connectivity index (χ1n) is 9.87. The Labute approximate surface area is 173 Å². The molecule has 1 saturated heterocycles. The van der Waals surface area contributed by atoms with Crippen molar-refractivity contribution < 1.29 is 19.4 Å². The number of carbonyl (C=O) groups is 2. The number of hydrogen-bond donors (Lipinski definition) is 1. The molecule has 2 heterocycles. The monoisotopic (exact) mass is 403 g/mol. The van der Waals surface area contributed by atoms with Crippen molar-refractivity contribution in [3.8, 4) is 11.1 Å². The third-order valence-corrected chi connectivity index (χ3v) is 6.10. The Bertz CT molecular complexity index is 1060. The number of nitrogens with zero attached hydrogens (tertiary/aromatic N) is 3. The van der Waals surface area contributed by atoms with E-state index in [9.17, 15) is 14.7 Å². The van der Waals surface area contributed by atoms with E-state index < -0.39 is 17.6 Å². The first-order chi connectivity index (χ1) is 14.6. The van der Waals surface area contributed by atoms with Gasteiger partial charge in [0.05, 0.1) is 18.3 Å². The van der Waals surface area contributed by atoms with Crippen molar-refractivity contribution in [1.82, 2.24) is 14.5 Å². The molecular formula is C23H21N3O4. The third-order valence-electron chi connectivity index (χ3n) is 6.10. The predicted octanol–water partition coefficient (Wildman–Crippen LogP) is 3.32. The van der Waals surface area contributed by atoms with Gasteiger partial charge >= 0.3 is 12.1 Å². The van der Waals surface area contributed by atoms with Gasteiger partial charge in [0.2, 0.25) is 0 Å². The zero-order valence-corrected chi connectivity index (χ0v) is 16.3. The lowest BCUT2D eigenvalue weighted by molar-refractivity contribution is -0.142. The first-order valence-corrected chi connectivity index (χ1v) is 9.87. The minimum absolute atomic E-state index is 0.0000482. The molecule has 0 bridgehead atoms. The molecule has 0 atom stereocenters. The maximum Gasteiger partial charge on any atom is 0.409 e. The molecule has 1 fully saturated rings. The van der Waals surface area contributed by atoms with E-state index in [1.54, 1.807) is 28.2 Å². The molecule has 0 radical (unpaired) electrons. The van der Waals surface area contributed by atoms with Crippen molar-refractivity contribution in [2.24, 2.45) is 0 Å². The smallest absolute Gasteiger partial charge is 0.409 e. The summed E-state index contributed by atoms with van der Waals surface area (Å²) < 4.78 is 7.45. The maximum absolute atomic E-state index is 12.7. The van der Waals surface area contributed by atoms with Gasteiger partial charge in [0.25, 0.3) is 0 Å². The highest BCUT2D eigenvalue weighted by Gasteiger charge is 2.49. The Balaban J connectivity index is 1.28. The van der Waals surface area contributed by atoms with E-state index in [1.165, 1.54) is 11.1 Å². The molecule has 152 valence electrons. The summed E-state index contributed by atoms with van der Waals surface area (Å²) in [5, 5.41) is 9.30. The van der Waals surface area contributed by atoms with E-state index in [1.807, 2.05) is 24.3 Å². The van der Waals surface area contributed by atoms with Crippen LogP contribution in [0.25, 0.3) is 11.1 Å². The summed E-state index contributed by atoms with van der Waals surface area (Å²) in [5.74, 6) is -0.907. The van der Waals surface area contributed by atoms with Gasteiger partial charge in [-0.2, -0.15) is 0 Å². The Hall–Kier alpha value is -3.61. The molecule has 1 N–H and O–H groups in total. The van der Waals surface area contributed by atoms with Crippen LogP contribution in [-0.2, 0) is 15.1 Å². The molecule has 5 rings (SSSR count). The number of carbonyl (C=O) groups excluding carboxylic acids is 1. The van der Waals surface area contributed by atoms with Crippen molar-refractivity contribution in [3.63, 3.8) is 0 Å². The molecule has 1 aliphatic carbocycles. The van der Waals surface area contributed by atoms with E-state index >= 15 is 0 Å². The number of ether oxygens (including phenoxy) is 1. The van der Waals surface area contributed by atoms with Crippen LogP contribution in [0.15, 0.2) is 67.3 Å². The average Bonchev–Trinajstić information content (AvgIpc) is 3.35. The summed E-state index contributed by atoms with van der Waals surface area (Å²) in [6.07, 6.45) is 4.45. The fourth-order valence-electron chi connectivity index (χ4n) is 4.67. The van der Waals surface area contributed by atoms with Gasteiger partial charge < -0.3 is 19.3 Å². The molecular weight excluding hydrogens is 382 g/mol. The molecule has 0 unspecified atom stereocenters. The number of rotatable bonds is 5. The number of aromatic nitrogens is 2. The molecule has 2 aromatic carbocycles. The number of imidazole rings is 1. The van der Waals surface area contributed by atoms with Crippen molar-refractivity contribution in [2.45, 2.75) is 17.9 Å². The minimum Gasteiger partial charge on any atom is -0.481 e. The maximum atomic E-state index is 12.7. The highest BCUT2D eigenvalue weighted by Crippen LogP contribution is 2.44. The van der Waals surface area contributed by atoms with E-state index in [4.69, 9.17) is 4.74 Å². The van der Waals surface area contributed by atoms with E-state index in [0.29, 0.717) is 0 Å². The largest absolute Gasteiger partial charge is 0.481 e. The highest BCUT2D eigenvalue weighted by atomic mass is 16.6. The van der Waals surface area contributed by atoms with E-state index in [0.717, 1.165) is 11.1 Å².